The van der Waals surface area contributed by atoms with Gasteiger partial charge in [-0.2, -0.15) is 0 Å². The van der Waals surface area contributed by atoms with Gasteiger partial charge in [-0.3, -0.25) is 4.57 Å². The second-order valence-electron chi connectivity index (χ2n) is 5.29. The van der Waals surface area contributed by atoms with Crippen LogP contribution in [0, 0.1) is 0 Å². The Kier molecular flexibility index (Phi) is 4.54. The fraction of sp³-hybridized carbons (Fsp3) is 0.333. The number of nitrogens with one attached hydrogen (secondary N) is 1. The molecule has 2 aromatic heterocycles. The van der Waals surface area contributed by atoms with Gasteiger partial charge in [-0.15, -0.1) is 0 Å². The van der Waals surface area contributed by atoms with E-state index >= 15 is 0 Å². The molecule has 0 fully saturated rings. The van der Waals surface area contributed by atoms with E-state index in [9.17, 15) is 13.2 Å². The number of fused-ring (bicyclic) bond motifs is 1. The SMILES string of the molecule is CCn1c(=O)oc2cc(S(=O)(=O)NCCCn3ccnc3)ccc21. The van der Waals surface area contributed by atoms with Crippen molar-refractivity contribution in [1.82, 2.24) is 18.8 Å². The van der Waals surface area contributed by atoms with Crippen molar-refractivity contribution in [3.63, 3.8) is 0 Å². The fourth-order valence-corrected chi connectivity index (χ4v) is 3.57. The van der Waals surface area contributed by atoms with Gasteiger partial charge in [0.25, 0.3) is 0 Å². The smallest absolute Gasteiger partial charge is 0.408 e. The van der Waals surface area contributed by atoms with Crippen molar-refractivity contribution in [3.05, 3.63) is 47.5 Å². The molecule has 0 saturated heterocycles. The van der Waals surface area contributed by atoms with E-state index in [4.69, 9.17) is 4.42 Å². The number of oxazole rings is 1. The quantitative estimate of drug-likeness (QED) is 0.645. The van der Waals surface area contributed by atoms with Gasteiger partial charge in [-0.1, -0.05) is 0 Å². The first kappa shape index (κ1) is 16.5. The normalized spacial score (nSPS) is 12.0. The van der Waals surface area contributed by atoms with Crippen LogP contribution in [0.4, 0.5) is 0 Å². The number of hydrogen-bond acceptors (Lipinski definition) is 5. The Hall–Kier alpha value is -2.39. The molecule has 0 atom stereocenters. The summed E-state index contributed by atoms with van der Waals surface area (Å²) in [7, 11) is -3.65. The molecule has 8 nitrogen and oxygen atoms in total. The van der Waals surface area contributed by atoms with E-state index < -0.39 is 15.8 Å². The third-order valence-electron chi connectivity index (χ3n) is 3.71. The first-order valence-corrected chi connectivity index (χ1v) is 9.08. The van der Waals surface area contributed by atoms with Crippen LogP contribution < -0.4 is 10.5 Å². The summed E-state index contributed by atoms with van der Waals surface area (Å²) in [5.41, 5.74) is 0.852. The second kappa shape index (κ2) is 6.62. The van der Waals surface area contributed by atoms with Crippen molar-refractivity contribution >= 4 is 21.1 Å². The molecule has 0 spiro atoms. The van der Waals surface area contributed by atoms with E-state index in [0.29, 0.717) is 31.6 Å². The molecule has 0 aliphatic heterocycles. The van der Waals surface area contributed by atoms with Gasteiger partial charge >= 0.3 is 5.76 Å². The lowest BCUT2D eigenvalue weighted by atomic mass is 10.3. The molecule has 1 N–H and O–H groups in total. The lowest BCUT2D eigenvalue weighted by Crippen LogP contribution is -2.25. The van der Waals surface area contributed by atoms with Crippen LogP contribution in [0.2, 0.25) is 0 Å². The summed E-state index contributed by atoms with van der Waals surface area (Å²) >= 11 is 0. The van der Waals surface area contributed by atoms with Crippen LogP contribution in [-0.4, -0.2) is 29.1 Å². The Morgan fingerprint density at radius 3 is 2.88 bits per heavy atom. The molecule has 128 valence electrons. The van der Waals surface area contributed by atoms with Crippen molar-refractivity contribution in [1.29, 1.82) is 0 Å². The summed E-state index contributed by atoms with van der Waals surface area (Å²) < 4.78 is 35.7. The Balaban J connectivity index is 1.72. The predicted molar refractivity (Wildman–Crippen MR) is 88.2 cm³/mol. The van der Waals surface area contributed by atoms with Crippen LogP contribution in [0.25, 0.3) is 11.1 Å². The van der Waals surface area contributed by atoms with E-state index in [0.717, 1.165) is 0 Å². The molecular formula is C15H18N4O4S. The van der Waals surface area contributed by atoms with Gasteiger partial charge in [-0.25, -0.2) is 22.9 Å². The monoisotopic (exact) mass is 350 g/mol. The summed E-state index contributed by atoms with van der Waals surface area (Å²) in [5, 5.41) is 0. The van der Waals surface area contributed by atoms with Gasteiger partial charge in [0.15, 0.2) is 5.58 Å². The number of aryl methyl sites for hydroxylation is 2. The first-order valence-electron chi connectivity index (χ1n) is 7.60. The molecule has 9 heteroatoms. The van der Waals surface area contributed by atoms with E-state index in [1.54, 1.807) is 18.6 Å². The molecule has 0 radical (unpaired) electrons. The lowest BCUT2D eigenvalue weighted by molar-refractivity contribution is 0.512. The minimum Gasteiger partial charge on any atom is -0.408 e. The van der Waals surface area contributed by atoms with Gasteiger partial charge in [-0.05, 0) is 25.5 Å². The number of aromatic nitrogens is 3. The second-order valence-corrected chi connectivity index (χ2v) is 7.06. The average molecular weight is 350 g/mol. The summed E-state index contributed by atoms with van der Waals surface area (Å²) in [4.78, 5) is 15.7. The molecule has 0 amide bonds. The third-order valence-corrected chi connectivity index (χ3v) is 5.17. The number of sulfonamides is 1. The number of nitrogens with zero attached hydrogens (tertiary/aromatic N) is 3. The van der Waals surface area contributed by atoms with Gasteiger partial charge in [0, 0.05) is 38.1 Å². The van der Waals surface area contributed by atoms with Gasteiger partial charge < -0.3 is 8.98 Å². The summed E-state index contributed by atoms with van der Waals surface area (Å²) in [6.07, 6.45) is 5.82. The molecule has 3 rings (SSSR count). The topological polar surface area (TPSA) is 99.1 Å². The molecule has 0 aliphatic carbocycles. The maximum absolute atomic E-state index is 12.3. The van der Waals surface area contributed by atoms with E-state index in [1.165, 1.54) is 16.7 Å². The zero-order valence-electron chi connectivity index (χ0n) is 13.2. The first-order chi connectivity index (χ1) is 11.5. The molecule has 24 heavy (non-hydrogen) atoms. The average Bonchev–Trinajstić information content (AvgIpc) is 3.17. The molecule has 0 saturated carbocycles. The highest BCUT2D eigenvalue weighted by Crippen LogP contribution is 2.18. The minimum absolute atomic E-state index is 0.0784. The van der Waals surface area contributed by atoms with Gasteiger partial charge in [0.2, 0.25) is 10.0 Å². The van der Waals surface area contributed by atoms with E-state index in [1.807, 2.05) is 17.7 Å². The van der Waals surface area contributed by atoms with Crippen LogP contribution in [0.3, 0.4) is 0 Å². The van der Waals surface area contributed by atoms with Crippen molar-refractivity contribution in [2.75, 3.05) is 6.54 Å². The largest absolute Gasteiger partial charge is 0.419 e. The van der Waals surface area contributed by atoms with E-state index in [2.05, 4.69) is 9.71 Å². The molecule has 1 aromatic carbocycles. The predicted octanol–water partition coefficient (Wildman–Crippen LogP) is 1.18. The number of imidazole rings is 1. The lowest BCUT2D eigenvalue weighted by Gasteiger charge is -2.07. The number of hydrogen-bond donors (Lipinski definition) is 1. The third kappa shape index (κ3) is 3.26. The molecule has 0 aliphatic rings. The highest BCUT2D eigenvalue weighted by Gasteiger charge is 2.16. The standard InChI is InChI=1S/C15H18N4O4S/c1-2-19-13-5-4-12(10-14(13)23-15(19)20)24(21,22)17-6-3-8-18-9-7-16-11-18/h4-5,7,9-11,17H,2-3,6,8H2,1H3. The molecule has 0 unspecified atom stereocenters. The van der Waals surface area contributed by atoms with Crippen molar-refractivity contribution < 1.29 is 12.8 Å². The highest BCUT2D eigenvalue weighted by molar-refractivity contribution is 7.89. The zero-order valence-corrected chi connectivity index (χ0v) is 14.0. The van der Waals surface area contributed by atoms with Crippen LogP contribution >= 0.6 is 0 Å². The Morgan fingerprint density at radius 1 is 1.33 bits per heavy atom. The molecule has 2 heterocycles. The van der Waals surface area contributed by atoms with Gasteiger partial charge in [0.05, 0.1) is 16.7 Å². The summed E-state index contributed by atoms with van der Waals surface area (Å²) in [6, 6.07) is 4.44. The number of benzene rings is 1. The van der Waals surface area contributed by atoms with Crippen molar-refractivity contribution in [2.24, 2.45) is 0 Å². The van der Waals surface area contributed by atoms with Gasteiger partial charge in [0.1, 0.15) is 0 Å². The van der Waals surface area contributed by atoms with Crippen molar-refractivity contribution in [3.8, 4) is 0 Å². The summed E-state index contributed by atoms with van der Waals surface area (Å²) in [5.74, 6) is -0.490. The van der Waals surface area contributed by atoms with Crippen molar-refractivity contribution in [2.45, 2.75) is 31.3 Å². The van der Waals surface area contributed by atoms with Crippen LogP contribution in [0.5, 0.6) is 0 Å². The molecule has 0 bridgehead atoms. The fourth-order valence-electron chi connectivity index (χ4n) is 2.48. The number of rotatable bonds is 7. The Labute approximate surface area is 138 Å². The van der Waals surface area contributed by atoms with Crippen LogP contribution in [-0.2, 0) is 23.1 Å². The Morgan fingerprint density at radius 2 is 2.17 bits per heavy atom. The maximum atomic E-state index is 12.3. The maximum Gasteiger partial charge on any atom is 0.419 e. The van der Waals surface area contributed by atoms with E-state index in [-0.39, 0.29) is 10.5 Å². The minimum atomic E-state index is -3.65. The Bertz CT molecular complexity index is 986. The molecular weight excluding hydrogens is 332 g/mol. The van der Waals surface area contributed by atoms with Crippen LogP contribution in [0.15, 0.2) is 51.0 Å². The molecule has 3 aromatic rings. The van der Waals surface area contributed by atoms with Crippen LogP contribution in [0.1, 0.15) is 13.3 Å². The summed E-state index contributed by atoms with van der Waals surface area (Å²) in [6.45, 7) is 3.27. The highest BCUT2D eigenvalue weighted by atomic mass is 32.2. The zero-order chi connectivity index (χ0) is 17.2.